The van der Waals surface area contributed by atoms with Crippen LogP contribution in [0.15, 0.2) is 76.5 Å². The summed E-state index contributed by atoms with van der Waals surface area (Å²) in [6, 6.07) is 13.0. The van der Waals surface area contributed by atoms with E-state index in [9.17, 15) is 13.2 Å². The van der Waals surface area contributed by atoms with Gasteiger partial charge in [-0.2, -0.15) is 4.31 Å². The van der Waals surface area contributed by atoms with Crippen LogP contribution in [0, 0.1) is 0 Å². The SMILES string of the molecule is O=C(Nc1ccc(S(=O)(=O)N(Cc2ccco2)C2CCCC2)cc1)c1ccncc1. The fraction of sp³-hybridized carbons (Fsp3) is 0.273. The normalized spacial score (nSPS) is 14.8. The standard InChI is InChI=1S/C22H23N3O4S/c26-22(17-11-13-23-14-12-17)24-18-7-9-21(10-8-18)30(27,28)25(19-4-1-2-5-19)16-20-6-3-15-29-20/h3,6-15,19H,1-2,4-5,16H2,(H,24,26). The van der Waals surface area contributed by atoms with Crippen LogP contribution in [0.4, 0.5) is 5.69 Å². The maximum absolute atomic E-state index is 13.4. The Morgan fingerprint density at radius 1 is 1.07 bits per heavy atom. The van der Waals surface area contributed by atoms with E-state index in [1.165, 1.54) is 12.1 Å². The van der Waals surface area contributed by atoms with E-state index in [0.29, 0.717) is 17.0 Å². The van der Waals surface area contributed by atoms with E-state index in [2.05, 4.69) is 10.3 Å². The number of rotatable bonds is 7. The first-order valence-corrected chi connectivity index (χ1v) is 11.3. The molecule has 4 rings (SSSR count). The smallest absolute Gasteiger partial charge is 0.255 e. The first kappa shape index (κ1) is 20.3. The first-order chi connectivity index (χ1) is 14.5. The highest BCUT2D eigenvalue weighted by atomic mass is 32.2. The van der Waals surface area contributed by atoms with Crippen molar-refractivity contribution >= 4 is 21.6 Å². The zero-order chi connectivity index (χ0) is 21.0. The summed E-state index contributed by atoms with van der Waals surface area (Å²) >= 11 is 0. The third-order valence-corrected chi connectivity index (χ3v) is 7.20. The number of furan rings is 1. The Bertz CT molecular complexity index is 1080. The largest absolute Gasteiger partial charge is 0.468 e. The Hall–Kier alpha value is -2.97. The van der Waals surface area contributed by atoms with Crippen LogP contribution in [0.2, 0.25) is 0 Å². The Morgan fingerprint density at radius 3 is 2.40 bits per heavy atom. The van der Waals surface area contributed by atoms with Gasteiger partial charge >= 0.3 is 0 Å². The molecule has 1 aromatic carbocycles. The average molecular weight is 426 g/mol. The summed E-state index contributed by atoms with van der Waals surface area (Å²) < 4.78 is 33.7. The minimum Gasteiger partial charge on any atom is -0.468 e. The maximum Gasteiger partial charge on any atom is 0.255 e. The molecule has 7 nitrogen and oxygen atoms in total. The van der Waals surface area contributed by atoms with Crippen LogP contribution in [0.1, 0.15) is 41.8 Å². The molecule has 8 heteroatoms. The molecular weight excluding hydrogens is 402 g/mol. The molecule has 30 heavy (non-hydrogen) atoms. The van der Waals surface area contributed by atoms with E-state index in [1.807, 2.05) is 0 Å². The highest BCUT2D eigenvalue weighted by molar-refractivity contribution is 7.89. The topological polar surface area (TPSA) is 92.5 Å². The molecule has 0 unspecified atom stereocenters. The Labute approximate surface area is 175 Å². The molecule has 1 amide bonds. The van der Waals surface area contributed by atoms with Crippen LogP contribution >= 0.6 is 0 Å². The number of nitrogens with zero attached hydrogens (tertiary/aromatic N) is 2. The molecule has 3 aromatic rings. The van der Waals surface area contributed by atoms with Crippen LogP contribution in [-0.4, -0.2) is 29.7 Å². The molecule has 1 N–H and O–H groups in total. The van der Waals surface area contributed by atoms with Crippen LogP contribution < -0.4 is 5.32 Å². The van der Waals surface area contributed by atoms with Crippen LogP contribution in [0.3, 0.4) is 0 Å². The van der Waals surface area contributed by atoms with Crippen molar-refractivity contribution in [3.05, 3.63) is 78.5 Å². The quantitative estimate of drug-likeness (QED) is 0.616. The summed E-state index contributed by atoms with van der Waals surface area (Å²) in [4.78, 5) is 16.4. The van der Waals surface area contributed by atoms with Gasteiger partial charge in [0.1, 0.15) is 5.76 Å². The minimum atomic E-state index is -3.71. The van der Waals surface area contributed by atoms with Crippen molar-refractivity contribution in [1.29, 1.82) is 0 Å². The van der Waals surface area contributed by atoms with Gasteiger partial charge in [0.15, 0.2) is 0 Å². The number of carbonyl (C=O) groups is 1. The number of carbonyl (C=O) groups excluding carboxylic acids is 1. The van der Waals surface area contributed by atoms with E-state index in [4.69, 9.17) is 4.42 Å². The van der Waals surface area contributed by atoms with Gasteiger partial charge in [0, 0.05) is 29.7 Å². The second-order valence-corrected chi connectivity index (χ2v) is 9.17. The van der Waals surface area contributed by atoms with E-state index >= 15 is 0 Å². The van der Waals surface area contributed by atoms with Gasteiger partial charge in [-0.25, -0.2) is 8.42 Å². The molecular formula is C22H23N3O4S. The highest BCUT2D eigenvalue weighted by Gasteiger charge is 2.34. The van der Waals surface area contributed by atoms with Gasteiger partial charge in [-0.1, -0.05) is 12.8 Å². The number of aromatic nitrogens is 1. The minimum absolute atomic E-state index is 0.0360. The number of amides is 1. The lowest BCUT2D eigenvalue weighted by atomic mass is 10.2. The zero-order valence-corrected chi connectivity index (χ0v) is 17.2. The third-order valence-electron chi connectivity index (χ3n) is 5.29. The molecule has 0 bridgehead atoms. The summed E-state index contributed by atoms with van der Waals surface area (Å²) in [5, 5.41) is 2.77. The van der Waals surface area contributed by atoms with Crippen molar-refractivity contribution in [2.24, 2.45) is 0 Å². The predicted octanol–water partition coefficient (Wildman–Crippen LogP) is 4.06. The van der Waals surface area contributed by atoms with Crippen molar-refractivity contribution in [2.45, 2.75) is 43.2 Å². The molecule has 1 aliphatic carbocycles. The Balaban J connectivity index is 1.54. The summed E-state index contributed by atoms with van der Waals surface area (Å²) in [6.45, 7) is 0.209. The lowest BCUT2D eigenvalue weighted by Gasteiger charge is -2.27. The van der Waals surface area contributed by atoms with Crippen molar-refractivity contribution < 1.29 is 17.6 Å². The molecule has 0 aliphatic heterocycles. The second-order valence-electron chi connectivity index (χ2n) is 7.28. The van der Waals surface area contributed by atoms with E-state index in [-0.39, 0.29) is 23.4 Å². The Kier molecular flexibility index (Phi) is 5.96. The third kappa shape index (κ3) is 4.44. The number of sulfonamides is 1. The number of benzene rings is 1. The van der Waals surface area contributed by atoms with Crippen LogP contribution in [0.5, 0.6) is 0 Å². The second kappa shape index (κ2) is 8.81. The highest BCUT2D eigenvalue weighted by Crippen LogP contribution is 2.30. The monoisotopic (exact) mass is 425 g/mol. The van der Waals surface area contributed by atoms with Gasteiger partial charge in [0.2, 0.25) is 10.0 Å². The summed E-state index contributed by atoms with van der Waals surface area (Å²) in [6.07, 6.45) is 8.38. The van der Waals surface area contributed by atoms with Crippen molar-refractivity contribution in [2.75, 3.05) is 5.32 Å². The number of nitrogens with one attached hydrogen (secondary N) is 1. The van der Waals surface area contributed by atoms with Gasteiger partial charge < -0.3 is 9.73 Å². The van der Waals surface area contributed by atoms with Crippen molar-refractivity contribution in [3.63, 3.8) is 0 Å². The van der Waals surface area contributed by atoms with Crippen LogP contribution in [0.25, 0.3) is 0 Å². The van der Waals surface area contributed by atoms with E-state index in [1.54, 1.807) is 59.4 Å². The number of anilines is 1. The first-order valence-electron chi connectivity index (χ1n) is 9.90. The lowest BCUT2D eigenvalue weighted by Crippen LogP contribution is -2.38. The molecule has 1 saturated carbocycles. The fourth-order valence-corrected chi connectivity index (χ4v) is 5.36. The molecule has 1 fully saturated rings. The summed E-state index contributed by atoms with van der Waals surface area (Å²) in [5.74, 6) is 0.338. The fourth-order valence-electron chi connectivity index (χ4n) is 3.71. The van der Waals surface area contributed by atoms with Gasteiger partial charge in [0.25, 0.3) is 5.91 Å². The molecule has 0 radical (unpaired) electrons. The number of hydrogen-bond donors (Lipinski definition) is 1. The molecule has 0 saturated heterocycles. The summed E-state index contributed by atoms with van der Waals surface area (Å²) in [5.41, 5.74) is 1.00. The number of pyridine rings is 1. The van der Waals surface area contributed by atoms with Crippen molar-refractivity contribution in [1.82, 2.24) is 9.29 Å². The van der Waals surface area contributed by atoms with Crippen LogP contribution in [-0.2, 0) is 16.6 Å². The molecule has 156 valence electrons. The predicted molar refractivity (Wildman–Crippen MR) is 112 cm³/mol. The van der Waals surface area contributed by atoms with E-state index in [0.717, 1.165) is 25.7 Å². The van der Waals surface area contributed by atoms with Gasteiger partial charge in [-0.3, -0.25) is 9.78 Å². The van der Waals surface area contributed by atoms with Gasteiger partial charge in [0.05, 0.1) is 17.7 Å². The Morgan fingerprint density at radius 2 is 1.77 bits per heavy atom. The average Bonchev–Trinajstić information content (AvgIpc) is 3.47. The number of hydrogen-bond acceptors (Lipinski definition) is 5. The molecule has 0 atom stereocenters. The van der Waals surface area contributed by atoms with Crippen molar-refractivity contribution in [3.8, 4) is 0 Å². The van der Waals surface area contributed by atoms with E-state index < -0.39 is 10.0 Å². The van der Waals surface area contributed by atoms with Gasteiger partial charge in [-0.15, -0.1) is 0 Å². The maximum atomic E-state index is 13.4. The lowest BCUT2D eigenvalue weighted by molar-refractivity contribution is 0.102. The molecule has 2 aromatic heterocycles. The molecule has 2 heterocycles. The zero-order valence-electron chi connectivity index (χ0n) is 16.4. The molecule has 0 spiro atoms. The summed E-state index contributed by atoms with van der Waals surface area (Å²) in [7, 11) is -3.71. The molecule has 1 aliphatic rings. The van der Waals surface area contributed by atoms with Gasteiger partial charge in [-0.05, 0) is 61.4 Å².